The van der Waals surface area contributed by atoms with Crippen LogP contribution in [0.25, 0.3) is 11.3 Å². The van der Waals surface area contributed by atoms with E-state index in [9.17, 15) is 35.7 Å². The molecule has 5 aromatic carbocycles. The summed E-state index contributed by atoms with van der Waals surface area (Å²) in [7, 11) is 0. The number of H-pyrrole nitrogens is 1. The number of phenolic OH excluding ortho intramolecular Hbond substituents is 6. The highest BCUT2D eigenvalue weighted by Crippen LogP contribution is 2.73. The molecule has 0 aliphatic heterocycles. The quantitative estimate of drug-likeness (QED) is 0.0252. The number of aliphatic hydroxyl groups excluding tert-OH is 1. The minimum atomic E-state index is -1.10. The summed E-state index contributed by atoms with van der Waals surface area (Å²) in [5, 5.41) is 80.1. The number of aromatic amines is 1. The van der Waals surface area contributed by atoms with E-state index in [2.05, 4.69) is 48.4 Å². The molecular formula is C61H68N2O10. The average molecular weight is 989 g/mol. The van der Waals surface area contributed by atoms with Crippen LogP contribution in [0.5, 0.6) is 46.0 Å². The Hall–Kier alpha value is -6.63. The number of benzene rings is 5. The monoisotopic (exact) mass is 988 g/mol. The summed E-state index contributed by atoms with van der Waals surface area (Å²) in [6.07, 6.45) is 9.98. The number of nitrogens with one attached hydrogen (secondary N) is 1. The molecule has 11 atom stereocenters. The van der Waals surface area contributed by atoms with Gasteiger partial charge in [-0.05, 0) is 168 Å². The molecular weight excluding hydrogens is 921 g/mol. The fourth-order valence-corrected chi connectivity index (χ4v) is 15.4. The molecule has 0 saturated heterocycles. The molecule has 0 amide bonds. The van der Waals surface area contributed by atoms with E-state index >= 15 is 4.79 Å². The maximum atomic E-state index is 15.1. The number of aromatic hydroxyl groups is 6. The van der Waals surface area contributed by atoms with Crippen LogP contribution in [0.4, 0.5) is 0 Å². The van der Waals surface area contributed by atoms with Gasteiger partial charge < -0.3 is 50.2 Å². The number of aromatic nitrogens is 1. The Morgan fingerprint density at radius 1 is 0.795 bits per heavy atom. The third kappa shape index (κ3) is 8.54. The lowest BCUT2D eigenvalue weighted by atomic mass is 9.49. The molecule has 6 aliphatic carbocycles. The molecule has 73 heavy (non-hydrogen) atoms. The van der Waals surface area contributed by atoms with Crippen molar-refractivity contribution in [3.8, 4) is 57.3 Å². The van der Waals surface area contributed by atoms with Gasteiger partial charge in [0.1, 0.15) is 36.4 Å². The van der Waals surface area contributed by atoms with E-state index in [1.165, 1.54) is 28.8 Å². The van der Waals surface area contributed by atoms with Crippen LogP contribution < -0.4 is 15.2 Å². The third-order valence-electron chi connectivity index (χ3n) is 18.2. The number of carbonyl (C=O) groups is 1. The normalized spacial score (nSPS) is 27.5. The molecule has 12 rings (SSSR count). The standard InChI is InChI=1S/C61H68N2O10/c1-2-3-4-8-34-22-47-42-19-20-63-57(42)41-11-5-6-12-46(41)61(47,30-34)48-27-38-26-43-37(24-36-15-16-40(65)28-51(36)68)25-44(49(66)17-13-33-14-18-50(67)53(23-33)73-32-62)58(70)56(43)55(48)45-29-52(69)59(71)60(54(38)45)72-31-35-9-7-10-39(64)21-35/h5-7,9-12,14-16,18-21,23,28-29,34,37-38,43-44,47-48,55-56,58,63-65,67-71H,2-4,8,13,17,22,24-27,30-32,62H2,1H3. The second kappa shape index (κ2) is 19.7. The number of unbranched alkanes of at least 4 members (excludes halogenated alkanes) is 2. The van der Waals surface area contributed by atoms with E-state index in [0.29, 0.717) is 49.1 Å². The number of rotatable bonds is 16. The highest BCUT2D eigenvalue weighted by atomic mass is 16.5. The summed E-state index contributed by atoms with van der Waals surface area (Å²) in [6.45, 7) is 2.14. The molecule has 6 aliphatic rings. The first-order valence-electron chi connectivity index (χ1n) is 26.5. The number of phenols is 6. The van der Waals surface area contributed by atoms with Gasteiger partial charge in [0.05, 0.1) is 6.10 Å². The van der Waals surface area contributed by atoms with Crippen molar-refractivity contribution in [1.82, 2.24) is 4.98 Å². The second-order valence-corrected chi connectivity index (χ2v) is 22.0. The first-order chi connectivity index (χ1) is 35.4. The van der Waals surface area contributed by atoms with Crippen LogP contribution in [0.2, 0.25) is 0 Å². The number of ketones is 1. The van der Waals surface area contributed by atoms with Gasteiger partial charge in [-0.3, -0.25) is 10.5 Å². The van der Waals surface area contributed by atoms with Crippen LogP contribution >= 0.6 is 0 Å². The Labute approximate surface area is 426 Å². The zero-order valence-corrected chi connectivity index (χ0v) is 41.4. The van der Waals surface area contributed by atoms with Gasteiger partial charge in [0.2, 0.25) is 5.75 Å². The molecule has 1 aromatic heterocycles. The molecule has 2 bridgehead atoms. The van der Waals surface area contributed by atoms with Crippen LogP contribution in [0.1, 0.15) is 128 Å². The van der Waals surface area contributed by atoms with Crippen molar-refractivity contribution in [3.05, 3.63) is 142 Å². The molecule has 6 aromatic rings. The van der Waals surface area contributed by atoms with Gasteiger partial charge in [0.25, 0.3) is 0 Å². The Bertz CT molecular complexity index is 3020. The fourth-order valence-electron chi connectivity index (χ4n) is 15.4. The molecule has 382 valence electrons. The molecule has 11 unspecified atom stereocenters. The summed E-state index contributed by atoms with van der Waals surface area (Å²) >= 11 is 0. The number of aliphatic hydroxyl groups is 1. The van der Waals surface area contributed by atoms with Gasteiger partial charge >= 0.3 is 0 Å². The zero-order valence-electron chi connectivity index (χ0n) is 41.4. The van der Waals surface area contributed by atoms with E-state index in [-0.39, 0.29) is 101 Å². The SMILES string of the molecule is CCCCCC1CC2c3cc[nH]c3-c3ccccc3C2(C2CC3CC4C(Cc5ccc(O)cc5O)CC(C(=O)CCc5ccc(O)c(OCN)c5)C(O)C4C2c2cc(O)c(O)c(OCc4cccc(O)c4)c23)C1. The van der Waals surface area contributed by atoms with Crippen LogP contribution in [0.15, 0.2) is 103 Å². The fraction of sp³-hybridized carbons (Fsp3) is 0.426. The number of fused-ring (bicyclic) bond motifs is 8. The summed E-state index contributed by atoms with van der Waals surface area (Å²) in [5.41, 5.74) is 13.9. The lowest BCUT2D eigenvalue weighted by Gasteiger charge is -2.55. The van der Waals surface area contributed by atoms with Gasteiger partial charge in [-0.25, -0.2) is 0 Å². The minimum absolute atomic E-state index is 0.0173. The Morgan fingerprint density at radius 3 is 2.44 bits per heavy atom. The topological polar surface area (TPSA) is 219 Å². The van der Waals surface area contributed by atoms with Crippen LogP contribution in [0.3, 0.4) is 0 Å². The van der Waals surface area contributed by atoms with E-state index in [0.717, 1.165) is 60.9 Å². The van der Waals surface area contributed by atoms with Crippen molar-refractivity contribution >= 4 is 5.78 Å². The molecule has 0 radical (unpaired) electrons. The summed E-state index contributed by atoms with van der Waals surface area (Å²) in [6, 6.07) is 29.2. The first kappa shape index (κ1) is 48.6. The largest absolute Gasteiger partial charge is 0.508 e. The van der Waals surface area contributed by atoms with Gasteiger partial charge in [-0.2, -0.15) is 0 Å². The first-order valence-corrected chi connectivity index (χ1v) is 26.5. The van der Waals surface area contributed by atoms with Crippen molar-refractivity contribution < 1.29 is 50.0 Å². The Kier molecular flexibility index (Phi) is 13.1. The lowest BCUT2D eigenvalue weighted by molar-refractivity contribution is -0.136. The minimum Gasteiger partial charge on any atom is -0.508 e. The molecule has 12 heteroatoms. The van der Waals surface area contributed by atoms with Crippen molar-refractivity contribution in [2.24, 2.45) is 41.2 Å². The number of hydrogen-bond donors (Lipinski definition) is 9. The van der Waals surface area contributed by atoms with Gasteiger partial charge in [0.15, 0.2) is 23.0 Å². The number of carbonyl (C=O) groups excluding carboxylic acids is 1. The van der Waals surface area contributed by atoms with Gasteiger partial charge in [0, 0.05) is 46.8 Å². The Morgan fingerprint density at radius 2 is 1.63 bits per heavy atom. The van der Waals surface area contributed by atoms with E-state index < -0.39 is 29.3 Å². The maximum Gasteiger partial charge on any atom is 0.200 e. The molecule has 10 N–H and O–H groups in total. The van der Waals surface area contributed by atoms with Crippen molar-refractivity contribution in [3.63, 3.8) is 0 Å². The van der Waals surface area contributed by atoms with Crippen LogP contribution in [0, 0.1) is 35.5 Å². The predicted octanol–water partition coefficient (Wildman–Crippen LogP) is 11.1. The average Bonchev–Trinajstić information content (AvgIpc) is 3.95. The van der Waals surface area contributed by atoms with Crippen molar-refractivity contribution in [2.75, 3.05) is 6.73 Å². The third-order valence-corrected chi connectivity index (χ3v) is 18.2. The van der Waals surface area contributed by atoms with Crippen LogP contribution in [-0.4, -0.2) is 59.3 Å². The number of ether oxygens (including phenoxy) is 2. The lowest BCUT2D eigenvalue weighted by Crippen LogP contribution is -2.52. The van der Waals surface area contributed by atoms with Crippen molar-refractivity contribution in [2.45, 2.75) is 120 Å². The second-order valence-electron chi connectivity index (χ2n) is 22.0. The highest BCUT2D eigenvalue weighted by Gasteiger charge is 2.65. The molecule has 3 fully saturated rings. The smallest absolute Gasteiger partial charge is 0.200 e. The maximum absolute atomic E-state index is 15.1. The van der Waals surface area contributed by atoms with Crippen LogP contribution in [-0.2, 0) is 29.7 Å². The summed E-state index contributed by atoms with van der Waals surface area (Å²) in [4.78, 5) is 18.8. The molecule has 12 nitrogen and oxygen atoms in total. The summed E-state index contributed by atoms with van der Waals surface area (Å²) < 4.78 is 12.1. The van der Waals surface area contributed by atoms with E-state index in [4.69, 9.17) is 15.2 Å². The van der Waals surface area contributed by atoms with E-state index in [1.807, 2.05) is 6.07 Å². The predicted molar refractivity (Wildman–Crippen MR) is 277 cm³/mol. The molecule has 3 saturated carbocycles. The number of aryl methyl sites for hydroxylation is 1. The van der Waals surface area contributed by atoms with Crippen molar-refractivity contribution in [1.29, 1.82) is 0 Å². The highest BCUT2D eigenvalue weighted by molar-refractivity contribution is 5.82. The van der Waals surface area contributed by atoms with Gasteiger partial charge in [-0.1, -0.05) is 81.1 Å². The Balaban J connectivity index is 1.09. The number of hydrogen-bond acceptors (Lipinski definition) is 11. The van der Waals surface area contributed by atoms with E-state index in [1.54, 1.807) is 48.5 Å². The molecule has 1 heterocycles. The molecule has 0 spiro atoms. The summed E-state index contributed by atoms with van der Waals surface area (Å²) in [5.74, 6) is -2.21. The number of nitrogens with two attached hydrogens (primary N) is 1. The number of Topliss-reactive ketones (excluding diaryl/α,β-unsaturated/α-hetero) is 1. The van der Waals surface area contributed by atoms with Gasteiger partial charge in [-0.15, -0.1) is 0 Å². The zero-order chi connectivity index (χ0) is 50.7.